The minimum atomic E-state index is -3.86. The summed E-state index contributed by atoms with van der Waals surface area (Å²) in [6.07, 6.45) is 6.68. The summed E-state index contributed by atoms with van der Waals surface area (Å²) < 4.78 is 37.4. The summed E-state index contributed by atoms with van der Waals surface area (Å²) in [5.41, 5.74) is 1.68. The molecular formula is C26H29NO6S. The molecule has 0 aliphatic carbocycles. The Morgan fingerprint density at radius 1 is 1.12 bits per heavy atom. The molecule has 0 atom stereocenters. The summed E-state index contributed by atoms with van der Waals surface area (Å²) in [6.45, 7) is 6.64. The number of carboxylic acids is 1. The van der Waals surface area contributed by atoms with Crippen LogP contribution < -0.4 is 4.74 Å². The van der Waals surface area contributed by atoms with E-state index in [1.54, 1.807) is 42.5 Å². The molecule has 180 valence electrons. The summed E-state index contributed by atoms with van der Waals surface area (Å²) in [6, 6.07) is 11.6. The van der Waals surface area contributed by atoms with Crippen molar-refractivity contribution in [2.45, 2.75) is 24.5 Å². The Kier molecular flexibility index (Phi) is 8.31. The predicted molar refractivity (Wildman–Crippen MR) is 132 cm³/mol. The Morgan fingerprint density at radius 3 is 2.47 bits per heavy atom. The lowest BCUT2D eigenvalue weighted by atomic mass is 9.99. The van der Waals surface area contributed by atoms with E-state index in [4.69, 9.17) is 9.15 Å². The Labute approximate surface area is 200 Å². The van der Waals surface area contributed by atoms with Gasteiger partial charge in [-0.25, -0.2) is 13.2 Å². The summed E-state index contributed by atoms with van der Waals surface area (Å²) >= 11 is 0. The maximum absolute atomic E-state index is 13.4. The Hall–Kier alpha value is -3.36. The van der Waals surface area contributed by atoms with Crippen LogP contribution in [0, 0.1) is 0 Å². The molecule has 0 bridgehead atoms. The second kappa shape index (κ2) is 11.2. The van der Waals surface area contributed by atoms with Crippen molar-refractivity contribution in [3.63, 3.8) is 0 Å². The van der Waals surface area contributed by atoms with Crippen molar-refractivity contribution in [1.82, 2.24) is 4.90 Å². The van der Waals surface area contributed by atoms with Gasteiger partial charge < -0.3 is 19.2 Å². The minimum absolute atomic E-state index is 0.0917. The molecule has 3 aromatic rings. The fourth-order valence-electron chi connectivity index (χ4n) is 3.83. The van der Waals surface area contributed by atoms with Gasteiger partial charge in [-0.1, -0.05) is 56.3 Å². The molecule has 1 N–H and O–H groups in total. The summed E-state index contributed by atoms with van der Waals surface area (Å²) in [5, 5.41) is 9.92. The zero-order valence-corrected chi connectivity index (χ0v) is 20.3. The van der Waals surface area contributed by atoms with Gasteiger partial charge >= 0.3 is 5.97 Å². The lowest BCUT2D eigenvalue weighted by molar-refractivity contribution is 0.0692. The smallest absolute Gasteiger partial charge is 0.339 e. The number of rotatable bonds is 11. The van der Waals surface area contributed by atoms with Crippen LogP contribution in [0.25, 0.3) is 17.2 Å². The van der Waals surface area contributed by atoms with Gasteiger partial charge in [0.05, 0.1) is 30.3 Å². The molecule has 0 radical (unpaired) electrons. The molecule has 8 heteroatoms. The van der Waals surface area contributed by atoms with Gasteiger partial charge in [-0.05, 0) is 36.3 Å². The number of furan rings is 1. The summed E-state index contributed by atoms with van der Waals surface area (Å²) in [5.74, 6) is -1.65. The maximum Gasteiger partial charge on any atom is 0.339 e. The number of hydrogen-bond donors (Lipinski definition) is 1. The highest BCUT2D eigenvalue weighted by molar-refractivity contribution is 7.90. The monoisotopic (exact) mass is 483 g/mol. The number of aromatic carboxylic acids is 1. The van der Waals surface area contributed by atoms with Crippen molar-refractivity contribution in [2.24, 2.45) is 0 Å². The third-order valence-corrected chi connectivity index (χ3v) is 7.38. The molecule has 2 aromatic carbocycles. The van der Waals surface area contributed by atoms with Gasteiger partial charge in [0, 0.05) is 17.7 Å². The second-order valence-corrected chi connectivity index (χ2v) is 9.64. The third-order valence-electron chi connectivity index (χ3n) is 5.65. The molecule has 0 saturated carbocycles. The first kappa shape index (κ1) is 25.3. The average molecular weight is 484 g/mol. The van der Waals surface area contributed by atoms with Crippen LogP contribution in [0.3, 0.4) is 0 Å². The van der Waals surface area contributed by atoms with Crippen LogP contribution in [0.1, 0.15) is 35.3 Å². The van der Waals surface area contributed by atoms with Crippen LogP contribution in [0.15, 0.2) is 70.4 Å². The van der Waals surface area contributed by atoms with Crippen molar-refractivity contribution in [2.75, 3.05) is 26.7 Å². The maximum atomic E-state index is 13.4. The van der Waals surface area contributed by atoms with Crippen molar-refractivity contribution in [3.8, 4) is 16.9 Å². The zero-order chi connectivity index (χ0) is 24.7. The number of hydrogen-bond acceptors (Lipinski definition) is 6. The first-order valence-electron chi connectivity index (χ1n) is 11.0. The molecule has 0 fully saturated rings. The van der Waals surface area contributed by atoms with E-state index < -0.39 is 21.6 Å². The topological polar surface area (TPSA) is 97.0 Å². The molecule has 0 amide bonds. The van der Waals surface area contributed by atoms with Crippen LogP contribution >= 0.6 is 0 Å². The average Bonchev–Trinajstić information content (AvgIpc) is 3.36. The molecule has 3 rings (SSSR count). The van der Waals surface area contributed by atoms with E-state index in [9.17, 15) is 18.3 Å². The summed E-state index contributed by atoms with van der Waals surface area (Å²) in [7, 11) is -2.49. The van der Waals surface area contributed by atoms with Crippen molar-refractivity contribution in [3.05, 3.63) is 77.8 Å². The van der Waals surface area contributed by atoms with Crippen molar-refractivity contribution >= 4 is 21.9 Å². The summed E-state index contributed by atoms with van der Waals surface area (Å²) in [4.78, 5) is 14.5. The van der Waals surface area contributed by atoms with Gasteiger partial charge in [-0.3, -0.25) is 0 Å². The third kappa shape index (κ3) is 5.58. The van der Waals surface area contributed by atoms with Gasteiger partial charge in [0.15, 0.2) is 9.84 Å². The molecular weight excluding hydrogens is 454 g/mol. The number of methoxy groups -OCH3 is 1. The van der Waals surface area contributed by atoms with E-state index in [0.29, 0.717) is 23.2 Å². The van der Waals surface area contributed by atoms with E-state index in [-0.39, 0.29) is 21.8 Å². The lowest BCUT2D eigenvalue weighted by Gasteiger charge is -2.16. The van der Waals surface area contributed by atoms with Crippen LogP contribution in [-0.2, 0) is 15.6 Å². The Balaban J connectivity index is 2.00. The first-order chi connectivity index (χ1) is 16.3. The SMILES string of the molecule is CCN(CC)CC=Cc1ccccc1S(=O)(=O)Cc1ccc(-c2ccoc2)c(OC)c1C(=O)O. The largest absolute Gasteiger partial charge is 0.495 e. The van der Waals surface area contributed by atoms with Crippen LogP contribution in [0.4, 0.5) is 0 Å². The molecule has 1 heterocycles. The van der Waals surface area contributed by atoms with Crippen molar-refractivity contribution < 1.29 is 27.5 Å². The Morgan fingerprint density at radius 2 is 1.85 bits per heavy atom. The lowest BCUT2D eigenvalue weighted by Crippen LogP contribution is -2.22. The second-order valence-electron chi connectivity index (χ2n) is 7.68. The van der Waals surface area contributed by atoms with Crippen molar-refractivity contribution in [1.29, 1.82) is 0 Å². The minimum Gasteiger partial charge on any atom is -0.495 e. The van der Waals surface area contributed by atoms with Gasteiger partial charge in [0.1, 0.15) is 11.3 Å². The van der Waals surface area contributed by atoms with Gasteiger partial charge in [0.2, 0.25) is 0 Å². The number of sulfone groups is 1. The number of likely N-dealkylation sites (N-methyl/N-ethyl adjacent to an activating group) is 1. The molecule has 0 aliphatic rings. The number of carboxylic acid groups (broad SMARTS) is 1. The van der Waals surface area contributed by atoms with E-state index in [1.807, 2.05) is 6.08 Å². The van der Waals surface area contributed by atoms with Gasteiger partial charge in [-0.15, -0.1) is 0 Å². The highest BCUT2D eigenvalue weighted by atomic mass is 32.2. The van der Waals surface area contributed by atoms with Crippen LogP contribution in [0.5, 0.6) is 5.75 Å². The van der Waals surface area contributed by atoms with Gasteiger partial charge in [0.25, 0.3) is 0 Å². The molecule has 7 nitrogen and oxygen atoms in total. The first-order valence-corrected chi connectivity index (χ1v) is 12.6. The number of carbonyl (C=O) groups is 1. The number of nitrogens with zero attached hydrogens (tertiary/aromatic N) is 1. The van der Waals surface area contributed by atoms with E-state index in [2.05, 4.69) is 18.7 Å². The standard InChI is InChI=1S/C26H29NO6S/c1-4-27(5-2)15-8-10-19-9-6-7-11-23(19)34(30,31)18-21-12-13-22(20-14-16-33-17-20)25(32-3)24(21)26(28)29/h6-14,16-17H,4-5,15,18H2,1-3H3,(H,28,29). The van der Waals surface area contributed by atoms with Crippen LogP contribution in [0.2, 0.25) is 0 Å². The fourth-order valence-corrected chi connectivity index (χ4v) is 5.42. The molecule has 0 spiro atoms. The van der Waals surface area contributed by atoms with Gasteiger partial charge in [-0.2, -0.15) is 0 Å². The molecule has 0 aliphatic heterocycles. The number of benzene rings is 2. The van der Waals surface area contributed by atoms with E-state index >= 15 is 0 Å². The highest BCUT2D eigenvalue weighted by Gasteiger charge is 2.26. The Bertz CT molecular complexity index is 1260. The van der Waals surface area contributed by atoms with Crippen LogP contribution in [-0.4, -0.2) is 51.1 Å². The predicted octanol–water partition coefficient (Wildman–Crippen LogP) is 4.98. The zero-order valence-electron chi connectivity index (χ0n) is 19.5. The normalized spacial score (nSPS) is 11.9. The molecule has 1 aromatic heterocycles. The molecule has 34 heavy (non-hydrogen) atoms. The highest BCUT2D eigenvalue weighted by Crippen LogP contribution is 2.37. The quantitative estimate of drug-likeness (QED) is 0.411. The van der Waals surface area contributed by atoms with E-state index in [0.717, 1.165) is 13.1 Å². The fraction of sp³-hybridized carbons (Fsp3) is 0.269. The molecule has 0 saturated heterocycles. The molecule has 0 unspecified atom stereocenters. The van der Waals surface area contributed by atoms with E-state index in [1.165, 1.54) is 25.7 Å². The number of ether oxygens (including phenoxy) is 1.